The van der Waals surface area contributed by atoms with E-state index in [2.05, 4.69) is 10.3 Å². The maximum absolute atomic E-state index is 12.9. The van der Waals surface area contributed by atoms with Crippen LogP contribution in [-0.4, -0.2) is 53.1 Å². The molecule has 0 bridgehead atoms. The molecule has 0 radical (unpaired) electrons. The Kier molecular flexibility index (Phi) is 5.52. The van der Waals surface area contributed by atoms with Crippen LogP contribution in [0.25, 0.3) is 0 Å². The van der Waals surface area contributed by atoms with Crippen LogP contribution in [0.5, 0.6) is 0 Å². The Morgan fingerprint density at radius 1 is 1.41 bits per heavy atom. The molecule has 0 spiro atoms. The molecule has 0 unspecified atom stereocenters. The first-order chi connectivity index (χ1) is 13.0. The van der Waals surface area contributed by atoms with Gasteiger partial charge in [0.15, 0.2) is 0 Å². The second-order valence-corrected chi connectivity index (χ2v) is 6.29. The number of hydrogen-bond donors (Lipinski definition) is 1. The Labute approximate surface area is 157 Å². The summed E-state index contributed by atoms with van der Waals surface area (Å²) in [7, 11) is 1.57. The van der Waals surface area contributed by atoms with Crippen molar-refractivity contribution in [3.05, 3.63) is 53.1 Å². The van der Waals surface area contributed by atoms with Crippen molar-refractivity contribution in [1.29, 1.82) is 5.26 Å². The van der Waals surface area contributed by atoms with Gasteiger partial charge in [-0.3, -0.25) is 9.59 Å². The average Bonchev–Trinajstić information content (AvgIpc) is 3.13. The third kappa shape index (κ3) is 3.83. The van der Waals surface area contributed by atoms with Gasteiger partial charge in [0.2, 0.25) is 0 Å². The van der Waals surface area contributed by atoms with Crippen LogP contribution in [0, 0.1) is 11.3 Å². The molecule has 1 atom stereocenters. The van der Waals surface area contributed by atoms with Crippen LogP contribution in [-0.2, 0) is 11.3 Å². The van der Waals surface area contributed by atoms with E-state index in [1.54, 1.807) is 42.5 Å². The van der Waals surface area contributed by atoms with Crippen LogP contribution in [0.15, 0.2) is 30.5 Å². The number of ether oxygens (including phenoxy) is 1. The number of carbonyl (C=O) groups is 2. The van der Waals surface area contributed by atoms with Crippen molar-refractivity contribution < 1.29 is 14.3 Å². The third-order valence-corrected chi connectivity index (χ3v) is 4.55. The van der Waals surface area contributed by atoms with Gasteiger partial charge >= 0.3 is 0 Å². The van der Waals surface area contributed by atoms with E-state index in [1.165, 1.54) is 0 Å². The van der Waals surface area contributed by atoms with E-state index in [0.29, 0.717) is 48.9 Å². The highest BCUT2D eigenvalue weighted by Crippen LogP contribution is 2.26. The highest BCUT2D eigenvalue weighted by Gasteiger charge is 2.31. The summed E-state index contributed by atoms with van der Waals surface area (Å²) < 4.78 is 6.83. The molecule has 1 aliphatic heterocycles. The van der Waals surface area contributed by atoms with Crippen LogP contribution >= 0.6 is 0 Å². The molecule has 8 heteroatoms. The summed E-state index contributed by atoms with van der Waals surface area (Å²) in [5.41, 5.74) is 1.24. The van der Waals surface area contributed by atoms with Gasteiger partial charge in [0.25, 0.3) is 11.8 Å². The third-order valence-electron chi connectivity index (χ3n) is 4.55. The van der Waals surface area contributed by atoms with Crippen molar-refractivity contribution in [1.82, 2.24) is 19.8 Å². The zero-order chi connectivity index (χ0) is 19.4. The second kappa shape index (κ2) is 8.01. The van der Waals surface area contributed by atoms with E-state index in [-0.39, 0.29) is 17.9 Å². The molecule has 2 heterocycles. The predicted molar refractivity (Wildman–Crippen MR) is 97.0 cm³/mol. The van der Waals surface area contributed by atoms with Crippen molar-refractivity contribution in [2.75, 3.05) is 26.8 Å². The van der Waals surface area contributed by atoms with E-state index < -0.39 is 0 Å². The van der Waals surface area contributed by atoms with Crippen LogP contribution in [0.3, 0.4) is 0 Å². The molecular formula is C19H21N5O3. The summed E-state index contributed by atoms with van der Waals surface area (Å²) in [5, 5.41) is 11.8. The predicted octanol–water partition coefficient (Wildman–Crippen LogP) is 1.35. The van der Waals surface area contributed by atoms with Crippen LogP contribution in [0.4, 0.5) is 0 Å². The highest BCUT2D eigenvalue weighted by molar-refractivity contribution is 5.95. The number of nitriles is 1. The molecule has 3 rings (SSSR count). The molecule has 2 amide bonds. The SMILES string of the molecule is COCCNC(=O)c1cn2c(n1)[C@@H](C)N(C(=O)c1cccc(C#N)c1)CC2. The largest absolute Gasteiger partial charge is 0.383 e. The maximum atomic E-state index is 12.9. The zero-order valence-corrected chi connectivity index (χ0v) is 15.3. The molecule has 2 aromatic rings. The molecule has 0 aliphatic carbocycles. The molecular weight excluding hydrogens is 346 g/mol. The van der Waals surface area contributed by atoms with Crippen molar-refractivity contribution in [3.63, 3.8) is 0 Å². The number of carbonyl (C=O) groups excluding carboxylic acids is 2. The average molecular weight is 367 g/mol. The first-order valence-corrected chi connectivity index (χ1v) is 8.70. The molecule has 0 fully saturated rings. The van der Waals surface area contributed by atoms with Crippen molar-refractivity contribution in [3.8, 4) is 6.07 Å². The minimum Gasteiger partial charge on any atom is -0.383 e. The first-order valence-electron chi connectivity index (χ1n) is 8.70. The second-order valence-electron chi connectivity index (χ2n) is 6.29. The zero-order valence-electron chi connectivity index (χ0n) is 15.3. The summed E-state index contributed by atoms with van der Waals surface area (Å²) in [6.45, 7) is 3.79. The molecule has 27 heavy (non-hydrogen) atoms. The number of imidazole rings is 1. The molecule has 140 valence electrons. The fraction of sp³-hybridized carbons (Fsp3) is 0.368. The molecule has 1 aliphatic rings. The van der Waals surface area contributed by atoms with Gasteiger partial charge in [-0.2, -0.15) is 5.26 Å². The van der Waals surface area contributed by atoms with E-state index >= 15 is 0 Å². The van der Waals surface area contributed by atoms with Gasteiger partial charge < -0.3 is 19.5 Å². The minimum absolute atomic E-state index is 0.153. The number of benzene rings is 1. The first kappa shape index (κ1) is 18.6. The van der Waals surface area contributed by atoms with Gasteiger partial charge in [0.1, 0.15) is 11.5 Å². The van der Waals surface area contributed by atoms with Gasteiger partial charge in [0.05, 0.1) is 24.3 Å². The number of nitrogens with zero attached hydrogens (tertiary/aromatic N) is 4. The Bertz CT molecular complexity index is 899. The van der Waals surface area contributed by atoms with Gasteiger partial charge in [-0.05, 0) is 25.1 Å². The fourth-order valence-corrected chi connectivity index (χ4v) is 3.12. The maximum Gasteiger partial charge on any atom is 0.271 e. The Hall–Kier alpha value is -3.18. The Balaban J connectivity index is 1.77. The minimum atomic E-state index is -0.280. The number of rotatable bonds is 5. The Morgan fingerprint density at radius 3 is 2.96 bits per heavy atom. The number of methoxy groups -OCH3 is 1. The molecule has 8 nitrogen and oxygen atoms in total. The van der Waals surface area contributed by atoms with E-state index in [0.717, 1.165) is 0 Å². The van der Waals surface area contributed by atoms with Gasteiger partial charge in [-0.25, -0.2) is 4.98 Å². The molecule has 0 saturated heterocycles. The van der Waals surface area contributed by atoms with Crippen LogP contribution in [0.1, 0.15) is 45.2 Å². The molecule has 1 aromatic carbocycles. The summed E-state index contributed by atoms with van der Waals surface area (Å²) >= 11 is 0. The lowest BCUT2D eigenvalue weighted by atomic mass is 10.1. The van der Waals surface area contributed by atoms with Crippen molar-refractivity contribution >= 4 is 11.8 Å². The van der Waals surface area contributed by atoms with Gasteiger partial charge in [-0.15, -0.1) is 0 Å². The highest BCUT2D eigenvalue weighted by atomic mass is 16.5. The number of amides is 2. The number of nitrogens with one attached hydrogen (secondary N) is 1. The van der Waals surface area contributed by atoms with E-state index in [4.69, 9.17) is 10.00 Å². The van der Waals surface area contributed by atoms with Gasteiger partial charge in [-0.1, -0.05) is 6.07 Å². The normalized spacial score (nSPS) is 15.7. The lowest BCUT2D eigenvalue weighted by Crippen LogP contribution is -2.41. The molecule has 1 aromatic heterocycles. The number of aromatic nitrogens is 2. The smallest absolute Gasteiger partial charge is 0.271 e. The topological polar surface area (TPSA) is 100 Å². The standard InChI is InChI=1S/C19H21N5O3/c1-13-17-22-16(18(25)21-6-9-27-2)12-23(17)7-8-24(13)19(26)15-5-3-4-14(10-15)11-20/h3-5,10,12-13H,6-9H2,1-2H3,(H,21,25)/t13-/m1/s1. The molecule has 0 saturated carbocycles. The summed E-state index contributed by atoms with van der Waals surface area (Å²) in [6, 6.07) is 8.42. The lowest BCUT2D eigenvalue weighted by molar-refractivity contribution is 0.0638. The van der Waals surface area contributed by atoms with Gasteiger partial charge in [0, 0.05) is 38.5 Å². The lowest BCUT2D eigenvalue weighted by Gasteiger charge is -2.33. The van der Waals surface area contributed by atoms with Crippen LogP contribution in [0.2, 0.25) is 0 Å². The summed E-state index contributed by atoms with van der Waals surface area (Å²) in [4.78, 5) is 31.2. The fourth-order valence-electron chi connectivity index (χ4n) is 3.12. The van der Waals surface area contributed by atoms with E-state index in [9.17, 15) is 9.59 Å². The van der Waals surface area contributed by atoms with Crippen molar-refractivity contribution in [2.24, 2.45) is 0 Å². The Morgan fingerprint density at radius 2 is 2.22 bits per heavy atom. The van der Waals surface area contributed by atoms with Crippen molar-refractivity contribution in [2.45, 2.75) is 19.5 Å². The number of hydrogen-bond acceptors (Lipinski definition) is 5. The van der Waals surface area contributed by atoms with E-state index in [1.807, 2.05) is 17.6 Å². The quantitative estimate of drug-likeness (QED) is 0.804. The number of fused-ring (bicyclic) bond motifs is 1. The monoisotopic (exact) mass is 367 g/mol. The summed E-state index contributed by atoms with van der Waals surface area (Å²) in [6.07, 6.45) is 1.71. The molecule has 1 N–H and O–H groups in total. The van der Waals surface area contributed by atoms with Crippen LogP contribution < -0.4 is 5.32 Å². The summed E-state index contributed by atoms with van der Waals surface area (Å²) in [5.74, 6) is 0.253.